The summed E-state index contributed by atoms with van der Waals surface area (Å²) >= 11 is 0. The van der Waals surface area contributed by atoms with Crippen molar-refractivity contribution in [2.75, 3.05) is 20.2 Å². The number of nitrogens with zero attached hydrogens (tertiary/aromatic N) is 4. The Morgan fingerprint density at radius 3 is 2.71 bits per heavy atom. The van der Waals surface area contributed by atoms with Crippen LogP contribution in [0.25, 0.3) is 11.3 Å². The third-order valence-electron chi connectivity index (χ3n) is 5.13. The second-order valence-electron chi connectivity index (χ2n) is 6.86. The molecular weight excluding hydrogens is 352 g/mol. The molecule has 6 heteroatoms. The molecule has 6 nitrogen and oxygen atoms in total. The van der Waals surface area contributed by atoms with Crippen LogP contribution in [0.3, 0.4) is 0 Å². The van der Waals surface area contributed by atoms with Crippen LogP contribution in [0.1, 0.15) is 34.8 Å². The smallest absolute Gasteiger partial charge is 0.253 e. The molecule has 0 aliphatic carbocycles. The van der Waals surface area contributed by atoms with Crippen molar-refractivity contribution in [2.45, 2.75) is 18.8 Å². The van der Waals surface area contributed by atoms with Crippen LogP contribution < -0.4 is 4.74 Å². The number of carbonyl (C=O) groups excluding carboxylic acids is 1. The van der Waals surface area contributed by atoms with Gasteiger partial charge in [-0.05, 0) is 43.2 Å². The third-order valence-corrected chi connectivity index (χ3v) is 5.13. The topological polar surface area (TPSA) is 68.2 Å². The summed E-state index contributed by atoms with van der Waals surface area (Å²) in [4.78, 5) is 27.7. The number of piperidine rings is 1. The van der Waals surface area contributed by atoms with Crippen LogP contribution in [0.5, 0.6) is 5.75 Å². The summed E-state index contributed by atoms with van der Waals surface area (Å²) in [5.41, 5.74) is 3.38. The minimum absolute atomic E-state index is 0.0540. The minimum Gasteiger partial charge on any atom is -0.494 e. The molecule has 1 fully saturated rings. The van der Waals surface area contributed by atoms with Crippen LogP contribution >= 0.6 is 0 Å². The molecule has 142 valence electrons. The number of ether oxygens (including phenoxy) is 1. The number of aromatic nitrogens is 3. The quantitative estimate of drug-likeness (QED) is 0.698. The Kier molecular flexibility index (Phi) is 5.28. The van der Waals surface area contributed by atoms with E-state index in [1.54, 1.807) is 25.8 Å². The van der Waals surface area contributed by atoms with Gasteiger partial charge in [0.25, 0.3) is 5.91 Å². The SMILES string of the molecule is COc1cccnc1-c1ccc(C(=O)N2CCC[C@@H](c3ccncn3)C2)cc1. The molecule has 1 aliphatic heterocycles. The Balaban J connectivity index is 1.50. The molecule has 1 aliphatic rings. The molecule has 0 unspecified atom stereocenters. The lowest BCUT2D eigenvalue weighted by atomic mass is 9.94. The van der Waals surface area contributed by atoms with Gasteiger partial charge in [-0.15, -0.1) is 0 Å². The Hall–Kier alpha value is -3.28. The number of amides is 1. The Morgan fingerprint density at radius 2 is 1.96 bits per heavy atom. The summed E-state index contributed by atoms with van der Waals surface area (Å²) in [5, 5.41) is 0. The van der Waals surface area contributed by atoms with E-state index in [4.69, 9.17) is 4.74 Å². The van der Waals surface area contributed by atoms with Gasteiger partial charge in [0.05, 0.1) is 7.11 Å². The van der Waals surface area contributed by atoms with Crippen LogP contribution in [-0.2, 0) is 0 Å². The van der Waals surface area contributed by atoms with Gasteiger partial charge < -0.3 is 9.64 Å². The first-order valence-electron chi connectivity index (χ1n) is 9.41. The summed E-state index contributed by atoms with van der Waals surface area (Å²) in [6.45, 7) is 1.46. The number of likely N-dealkylation sites (tertiary alicyclic amines) is 1. The molecule has 3 aromatic rings. The van der Waals surface area contributed by atoms with Crippen molar-refractivity contribution in [1.29, 1.82) is 0 Å². The van der Waals surface area contributed by atoms with Gasteiger partial charge in [0.15, 0.2) is 0 Å². The monoisotopic (exact) mass is 374 g/mol. The zero-order chi connectivity index (χ0) is 19.3. The lowest BCUT2D eigenvalue weighted by Gasteiger charge is -2.32. The molecule has 28 heavy (non-hydrogen) atoms. The van der Waals surface area contributed by atoms with E-state index in [1.165, 1.54) is 0 Å². The highest BCUT2D eigenvalue weighted by Crippen LogP contribution is 2.29. The molecule has 0 bridgehead atoms. The number of carbonyl (C=O) groups is 1. The van der Waals surface area contributed by atoms with E-state index in [9.17, 15) is 4.79 Å². The highest BCUT2D eigenvalue weighted by Gasteiger charge is 2.26. The van der Waals surface area contributed by atoms with Gasteiger partial charge in [0, 0.05) is 48.2 Å². The van der Waals surface area contributed by atoms with Gasteiger partial charge in [-0.25, -0.2) is 9.97 Å². The molecule has 1 saturated heterocycles. The van der Waals surface area contributed by atoms with Crippen LogP contribution in [0.15, 0.2) is 61.2 Å². The van der Waals surface area contributed by atoms with Gasteiger partial charge in [-0.2, -0.15) is 0 Å². The maximum Gasteiger partial charge on any atom is 0.253 e. The largest absolute Gasteiger partial charge is 0.494 e. The number of pyridine rings is 1. The summed E-state index contributed by atoms with van der Waals surface area (Å²) in [6, 6.07) is 13.2. The van der Waals surface area contributed by atoms with Crippen LogP contribution in [-0.4, -0.2) is 46.0 Å². The van der Waals surface area contributed by atoms with Crippen molar-refractivity contribution < 1.29 is 9.53 Å². The fraction of sp³-hybridized carbons (Fsp3) is 0.273. The van der Waals surface area contributed by atoms with E-state index in [2.05, 4.69) is 15.0 Å². The Bertz CT molecular complexity index is 944. The van der Waals surface area contributed by atoms with Crippen molar-refractivity contribution >= 4 is 5.91 Å². The maximum absolute atomic E-state index is 13.0. The number of rotatable bonds is 4. The first-order chi connectivity index (χ1) is 13.8. The first kappa shape index (κ1) is 18.1. The molecule has 3 heterocycles. The normalized spacial score (nSPS) is 16.6. The molecule has 1 aromatic carbocycles. The number of methoxy groups -OCH3 is 1. The lowest BCUT2D eigenvalue weighted by molar-refractivity contribution is 0.0706. The zero-order valence-electron chi connectivity index (χ0n) is 15.8. The van der Waals surface area contributed by atoms with Crippen molar-refractivity contribution in [3.8, 4) is 17.0 Å². The second-order valence-corrected chi connectivity index (χ2v) is 6.86. The highest BCUT2D eigenvalue weighted by molar-refractivity contribution is 5.94. The number of hydrogen-bond acceptors (Lipinski definition) is 5. The standard InChI is InChI=1S/C22H22N4O2/c1-28-20-5-2-11-24-21(20)16-6-8-17(9-7-16)22(27)26-13-3-4-18(14-26)19-10-12-23-15-25-19/h2,5-12,15,18H,3-4,13-14H2,1H3/t18-/m1/s1. The fourth-order valence-electron chi connectivity index (χ4n) is 3.67. The number of hydrogen-bond donors (Lipinski definition) is 0. The van der Waals surface area contributed by atoms with Crippen LogP contribution in [0.2, 0.25) is 0 Å². The van der Waals surface area contributed by atoms with E-state index < -0.39 is 0 Å². The first-order valence-corrected chi connectivity index (χ1v) is 9.41. The number of benzene rings is 1. The Labute approximate surface area is 164 Å². The zero-order valence-corrected chi connectivity index (χ0v) is 15.8. The van der Waals surface area contributed by atoms with Gasteiger partial charge in [-0.1, -0.05) is 12.1 Å². The highest BCUT2D eigenvalue weighted by atomic mass is 16.5. The molecule has 2 aromatic heterocycles. The molecule has 4 rings (SSSR count). The second kappa shape index (κ2) is 8.17. The van der Waals surface area contributed by atoms with Crippen molar-refractivity contribution in [3.05, 3.63) is 72.4 Å². The molecule has 1 amide bonds. The molecule has 0 spiro atoms. The predicted molar refractivity (Wildman–Crippen MR) is 106 cm³/mol. The molecule has 1 atom stereocenters. The van der Waals surface area contributed by atoms with Crippen LogP contribution in [0, 0.1) is 0 Å². The van der Waals surface area contributed by atoms with E-state index in [0.717, 1.165) is 36.3 Å². The average Bonchev–Trinajstić information content (AvgIpc) is 2.79. The predicted octanol–water partition coefficient (Wildman–Crippen LogP) is 3.57. The van der Waals surface area contributed by atoms with E-state index in [1.807, 2.05) is 47.4 Å². The summed E-state index contributed by atoms with van der Waals surface area (Å²) < 4.78 is 5.38. The maximum atomic E-state index is 13.0. The summed E-state index contributed by atoms with van der Waals surface area (Å²) in [7, 11) is 1.63. The average molecular weight is 374 g/mol. The van der Waals surface area contributed by atoms with Gasteiger partial charge in [0.2, 0.25) is 0 Å². The molecule has 0 N–H and O–H groups in total. The van der Waals surface area contributed by atoms with E-state index in [0.29, 0.717) is 17.9 Å². The van der Waals surface area contributed by atoms with Crippen molar-refractivity contribution in [2.24, 2.45) is 0 Å². The third kappa shape index (κ3) is 3.71. The molecule has 0 radical (unpaired) electrons. The fourth-order valence-corrected chi connectivity index (χ4v) is 3.67. The minimum atomic E-state index is 0.0540. The summed E-state index contributed by atoms with van der Waals surface area (Å²) in [5.74, 6) is 1.03. The van der Waals surface area contributed by atoms with Gasteiger partial charge >= 0.3 is 0 Å². The summed E-state index contributed by atoms with van der Waals surface area (Å²) in [6.07, 6.45) is 7.08. The van der Waals surface area contributed by atoms with E-state index >= 15 is 0 Å². The van der Waals surface area contributed by atoms with Gasteiger partial charge in [0.1, 0.15) is 17.8 Å². The molecule has 0 saturated carbocycles. The van der Waals surface area contributed by atoms with Crippen LogP contribution in [0.4, 0.5) is 0 Å². The van der Waals surface area contributed by atoms with Crippen molar-refractivity contribution in [3.63, 3.8) is 0 Å². The molecular formula is C22H22N4O2. The van der Waals surface area contributed by atoms with Crippen molar-refractivity contribution in [1.82, 2.24) is 19.9 Å². The lowest BCUT2D eigenvalue weighted by Crippen LogP contribution is -2.39. The Morgan fingerprint density at radius 1 is 1.11 bits per heavy atom. The van der Waals surface area contributed by atoms with Gasteiger partial charge in [-0.3, -0.25) is 9.78 Å². The van der Waals surface area contributed by atoms with E-state index in [-0.39, 0.29) is 11.8 Å².